The van der Waals surface area contributed by atoms with Crippen molar-refractivity contribution in [2.45, 2.75) is 13.8 Å². The molecule has 84 valence electrons. The highest BCUT2D eigenvalue weighted by molar-refractivity contribution is 7.18. The van der Waals surface area contributed by atoms with E-state index in [4.69, 9.17) is 11.6 Å². The van der Waals surface area contributed by atoms with Crippen LogP contribution in [0.5, 0.6) is 0 Å². The predicted molar refractivity (Wildman–Crippen MR) is 65.4 cm³/mol. The topological polar surface area (TPSA) is 34.9 Å². The van der Waals surface area contributed by atoms with Crippen molar-refractivity contribution in [1.29, 1.82) is 0 Å². The standard InChI is InChI=1S/C11H11ClN2OS/c1-6-10(7(2)14(3)13-6)11(15)8-4-5-9(12)16-8/h4-5H,1-3H3. The number of ketones is 1. The van der Waals surface area contributed by atoms with E-state index in [0.717, 1.165) is 11.4 Å². The summed E-state index contributed by atoms with van der Waals surface area (Å²) >= 11 is 7.12. The maximum atomic E-state index is 12.2. The second kappa shape index (κ2) is 4.03. The minimum atomic E-state index is 0.000000000000000222. The van der Waals surface area contributed by atoms with E-state index < -0.39 is 0 Å². The Morgan fingerprint density at radius 2 is 2.12 bits per heavy atom. The van der Waals surface area contributed by atoms with Crippen LogP contribution in [0.2, 0.25) is 4.34 Å². The zero-order valence-electron chi connectivity index (χ0n) is 9.24. The van der Waals surface area contributed by atoms with Crippen molar-refractivity contribution in [2.75, 3.05) is 0 Å². The number of carbonyl (C=O) groups is 1. The van der Waals surface area contributed by atoms with Gasteiger partial charge in [-0.15, -0.1) is 11.3 Å². The molecule has 0 radical (unpaired) electrons. The average molecular weight is 255 g/mol. The first-order chi connectivity index (χ1) is 7.50. The van der Waals surface area contributed by atoms with Gasteiger partial charge in [0.25, 0.3) is 0 Å². The largest absolute Gasteiger partial charge is 0.288 e. The Labute approximate surface area is 103 Å². The molecule has 0 saturated heterocycles. The summed E-state index contributed by atoms with van der Waals surface area (Å²) in [7, 11) is 1.83. The molecular formula is C11H11ClN2OS. The van der Waals surface area contributed by atoms with E-state index in [-0.39, 0.29) is 5.78 Å². The first-order valence-electron chi connectivity index (χ1n) is 4.81. The van der Waals surface area contributed by atoms with Crippen LogP contribution in [-0.4, -0.2) is 15.6 Å². The molecule has 0 fully saturated rings. The quantitative estimate of drug-likeness (QED) is 0.773. The van der Waals surface area contributed by atoms with Crippen LogP contribution in [0, 0.1) is 13.8 Å². The van der Waals surface area contributed by atoms with Gasteiger partial charge in [-0.25, -0.2) is 0 Å². The van der Waals surface area contributed by atoms with Gasteiger partial charge in [0.2, 0.25) is 5.78 Å². The van der Waals surface area contributed by atoms with Gasteiger partial charge in [0, 0.05) is 12.7 Å². The normalized spacial score (nSPS) is 10.8. The van der Waals surface area contributed by atoms with Gasteiger partial charge in [0.1, 0.15) is 0 Å². The lowest BCUT2D eigenvalue weighted by molar-refractivity contribution is 0.104. The Hall–Kier alpha value is -1.13. The Morgan fingerprint density at radius 1 is 1.44 bits per heavy atom. The van der Waals surface area contributed by atoms with Crippen molar-refractivity contribution in [1.82, 2.24) is 9.78 Å². The fourth-order valence-corrected chi connectivity index (χ4v) is 2.65. The molecule has 0 spiro atoms. The van der Waals surface area contributed by atoms with Crippen LogP contribution >= 0.6 is 22.9 Å². The fourth-order valence-electron chi connectivity index (χ4n) is 1.66. The summed E-state index contributed by atoms with van der Waals surface area (Å²) in [5, 5.41) is 4.23. The first-order valence-corrected chi connectivity index (χ1v) is 6.00. The molecule has 0 saturated carbocycles. The van der Waals surface area contributed by atoms with Gasteiger partial charge in [-0.3, -0.25) is 9.48 Å². The van der Waals surface area contributed by atoms with Gasteiger partial charge in [-0.1, -0.05) is 11.6 Å². The van der Waals surface area contributed by atoms with Gasteiger partial charge in [-0.2, -0.15) is 5.10 Å². The number of thiophene rings is 1. The van der Waals surface area contributed by atoms with E-state index >= 15 is 0 Å². The van der Waals surface area contributed by atoms with Crippen molar-refractivity contribution in [3.8, 4) is 0 Å². The molecule has 0 aliphatic carbocycles. The van der Waals surface area contributed by atoms with Crippen LogP contribution in [0.3, 0.4) is 0 Å². The lowest BCUT2D eigenvalue weighted by Gasteiger charge is -1.98. The van der Waals surface area contributed by atoms with Crippen LogP contribution in [0.15, 0.2) is 12.1 Å². The third kappa shape index (κ3) is 1.79. The number of hydrogen-bond donors (Lipinski definition) is 0. The molecule has 2 rings (SSSR count). The van der Waals surface area contributed by atoms with Crippen molar-refractivity contribution in [2.24, 2.45) is 7.05 Å². The SMILES string of the molecule is Cc1nn(C)c(C)c1C(=O)c1ccc(Cl)s1. The highest BCUT2D eigenvalue weighted by Crippen LogP contribution is 2.25. The minimum absolute atomic E-state index is 0.000000000000000222. The second-order valence-electron chi connectivity index (χ2n) is 3.60. The number of aromatic nitrogens is 2. The molecule has 0 aromatic carbocycles. The van der Waals surface area contributed by atoms with Crippen LogP contribution in [0.25, 0.3) is 0 Å². The smallest absolute Gasteiger partial charge is 0.206 e. The number of nitrogens with zero attached hydrogens (tertiary/aromatic N) is 2. The fraction of sp³-hybridized carbons (Fsp3) is 0.273. The summed E-state index contributed by atoms with van der Waals surface area (Å²) in [6.45, 7) is 3.73. The molecule has 3 nitrogen and oxygen atoms in total. The monoisotopic (exact) mass is 254 g/mol. The Kier molecular flexibility index (Phi) is 2.86. The third-order valence-electron chi connectivity index (χ3n) is 2.53. The van der Waals surface area contributed by atoms with E-state index in [9.17, 15) is 4.79 Å². The van der Waals surface area contributed by atoms with E-state index in [1.165, 1.54) is 11.3 Å². The maximum Gasteiger partial charge on any atom is 0.206 e. The summed E-state index contributed by atoms with van der Waals surface area (Å²) in [4.78, 5) is 12.9. The van der Waals surface area contributed by atoms with E-state index in [2.05, 4.69) is 5.10 Å². The molecule has 2 aromatic rings. The summed E-state index contributed by atoms with van der Waals surface area (Å²) in [5.41, 5.74) is 2.32. The molecule has 0 amide bonds. The first kappa shape index (κ1) is 11.4. The van der Waals surface area contributed by atoms with Crippen molar-refractivity contribution in [3.05, 3.63) is 38.3 Å². The Bertz CT molecular complexity index is 556. The van der Waals surface area contributed by atoms with Crippen molar-refractivity contribution < 1.29 is 4.79 Å². The van der Waals surface area contributed by atoms with E-state index in [0.29, 0.717) is 14.8 Å². The average Bonchev–Trinajstić information content (AvgIpc) is 2.73. The molecule has 0 aliphatic rings. The predicted octanol–water partition coefficient (Wildman–Crippen LogP) is 2.98. The van der Waals surface area contributed by atoms with E-state index in [1.54, 1.807) is 16.8 Å². The van der Waals surface area contributed by atoms with Gasteiger partial charge >= 0.3 is 0 Å². The minimum Gasteiger partial charge on any atom is -0.288 e. The number of hydrogen-bond acceptors (Lipinski definition) is 3. The summed E-state index contributed by atoms with van der Waals surface area (Å²) in [6.07, 6.45) is 0. The highest BCUT2D eigenvalue weighted by atomic mass is 35.5. The molecule has 0 aliphatic heterocycles. The van der Waals surface area contributed by atoms with Crippen LogP contribution in [0.1, 0.15) is 26.6 Å². The summed E-state index contributed by atoms with van der Waals surface area (Å²) in [6, 6.07) is 3.49. The number of aryl methyl sites for hydroxylation is 2. The zero-order chi connectivity index (χ0) is 11.9. The second-order valence-corrected chi connectivity index (χ2v) is 5.32. The molecule has 0 unspecified atom stereocenters. The van der Waals surface area contributed by atoms with Gasteiger partial charge in [0.15, 0.2) is 0 Å². The number of halogens is 1. The van der Waals surface area contributed by atoms with Crippen molar-refractivity contribution >= 4 is 28.7 Å². The molecule has 0 atom stereocenters. The highest BCUT2D eigenvalue weighted by Gasteiger charge is 2.20. The maximum absolute atomic E-state index is 12.2. The van der Waals surface area contributed by atoms with Crippen LogP contribution < -0.4 is 0 Å². The zero-order valence-corrected chi connectivity index (χ0v) is 10.8. The molecular weight excluding hydrogens is 244 g/mol. The molecule has 0 N–H and O–H groups in total. The van der Waals surface area contributed by atoms with Gasteiger partial charge in [-0.05, 0) is 26.0 Å². The Morgan fingerprint density at radius 3 is 2.56 bits per heavy atom. The number of rotatable bonds is 2. The molecule has 2 aromatic heterocycles. The lowest BCUT2D eigenvalue weighted by atomic mass is 10.1. The third-order valence-corrected chi connectivity index (χ3v) is 3.76. The number of carbonyl (C=O) groups excluding carboxylic acids is 1. The molecule has 0 bridgehead atoms. The molecule has 2 heterocycles. The van der Waals surface area contributed by atoms with E-state index in [1.807, 2.05) is 20.9 Å². The van der Waals surface area contributed by atoms with Gasteiger partial charge < -0.3 is 0 Å². The lowest BCUT2D eigenvalue weighted by Crippen LogP contribution is -2.02. The van der Waals surface area contributed by atoms with Crippen LogP contribution in [0.4, 0.5) is 0 Å². The van der Waals surface area contributed by atoms with Crippen LogP contribution in [-0.2, 0) is 7.05 Å². The Balaban J connectivity index is 2.49. The summed E-state index contributed by atoms with van der Waals surface area (Å²) in [5.74, 6) is 0.000000000000000222. The summed E-state index contributed by atoms with van der Waals surface area (Å²) < 4.78 is 2.35. The van der Waals surface area contributed by atoms with Gasteiger partial charge in [0.05, 0.1) is 20.5 Å². The molecule has 16 heavy (non-hydrogen) atoms. The van der Waals surface area contributed by atoms with Crippen molar-refractivity contribution in [3.63, 3.8) is 0 Å². The molecule has 5 heteroatoms.